The van der Waals surface area contributed by atoms with Crippen molar-refractivity contribution in [2.75, 3.05) is 20.3 Å². The number of hydrogen-bond donors (Lipinski definition) is 4. The highest BCUT2D eigenvalue weighted by Crippen LogP contribution is 2.50. The van der Waals surface area contributed by atoms with Crippen molar-refractivity contribution < 1.29 is 47.5 Å². The zero-order valence-corrected chi connectivity index (χ0v) is 23.4. The average Bonchev–Trinajstić information content (AvgIpc) is 3.31. The number of alkyl carbamates (subject to hydrolysis) is 1. The van der Waals surface area contributed by atoms with Crippen LogP contribution in [0.25, 0.3) is 11.1 Å². The van der Waals surface area contributed by atoms with Crippen LogP contribution in [0.1, 0.15) is 28.2 Å². The van der Waals surface area contributed by atoms with Crippen molar-refractivity contribution in [3.05, 3.63) is 89.0 Å². The molecule has 0 bridgehead atoms. The summed E-state index contributed by atoms with van der Waals surface area (Å²) in [6.07, 6.45) is -0.928. The predicted octanol–water partition coefficient (Wildman–Crippen LogP) is 2.80. The van der Waals surface area contributed by atoms with Gasteiger partial charge in [-0.1, -0.05) is 54.6 Å². The van der Waals surface area contributed by atoms with Gasteiger partial charge in [-0.15, -0.1) is 0 Å². The van der Waals surface area contributed by atoms with Gasteiger partial charge >= 0.3 is 19.9 Å². The number of phosphoric ester groups is 1. The van der Waals surface area contributed by atoms with Crippen LogP contribution in [-0.4, -0.2) is 60.4 Å². The maximum atomic E-state index is 13.0. The first-order valence-electron chi connectivity index (χ1n) is 13.1. The number of hydrogen-bond acceptors (Lipinski definition) is 9. The second-order valence-electron chi connectivity index (χ2n) is 9.77. The molecule has 12 nitrogen and oxygen atoms in total. The number of carbonyl (C=O) groups is 3. The van der Waals surface area contributed by atoms with E-state index in [9.17, 15) is 28.9 Å². The first-order chi connectivity index (χ1) is 20.2. The van der Waals surface area contributed by atoms with Crippen LogP contribution in [0.3, 0.4) is 0 Å². The van der Waals surface area contributed by atoms with Crippen LogP contribution in [0.2, 0.25) is 0 Å². The lowest BCUT2D eigenvalue weighted by Crippen LogP contribution is -2.54. The van der Waals surface area contributed by atoms with Crippen molar-refractivity contribution in [3.8, 4) is 16.9 Å². The lowest BCUT2D eigenvalue weighted by Gasteiger charge is -2.23. The van der Waals surface area contributed by atoms with Gasteiger partial charge in [0.25, 0.3) is 0 Å². The van der Waals surface area contributed by atoms with Crippen LogP contribution in [0.15, 0.2) is 66.7 Å². The van der Waals surface area contributed by atoms with Crippen LogP contribution >= 0.6 is 7.82 Å². The third-order valence-electron chi connectivity index (χ3n) is 7.10. The van der Waals surface area contributed by atoms with E-state index in [1.807, 2.05) is 48.5 Å². The summed E-state index contributed by atoms with van der Waals surface area (Å²) < 4.78 is 31.6. The lowest BCUT2D eigenvalue weighted by atomic mass is 9.98. The van der Waals surface area contributed by atoms with E-state index in [1.54, 1.807) is 12.1 Å². The Morgan fingerprint density at radius 2 is 1.67 bits per heavy atom. The molecule has 0 radical (unpaired) electrons. The molecule has 4 N–H and O–H groups in total. The van der Waals surface area contributed by atoms with Crippen LogP contribution in [0, 0.1) is 0 Å². The number of aliphatic hydroxyl groups is 1. The molecular formula is C29H29N2O10P. The largest absolute Gasteiger partial charge is 0.527 e. The summed E-state index contributed by atoms with van der Waals surface area (Å²) in [6.45, 7) is -0.913. The van der Waals surface area contributed by atoms with E-state index >= 15 is 0 Å². The molecule has 0 aromatic heterocycles. The monoisotopic (exact) mass is 596 g/mol. The molecule has 0 saturated carbocycles. The number of amides is 2. The van der Waals surface area contributed by atoms with E-state index in [0.29, 0.717) is 11.1 Å². The number of benzene rings is 3. The van der Waals surface area contributed by atoms with E-state index in [2.05, 4.69) is 10.6 Å². The quantitative estimate of drug-likeness (QED) is 0.213. The van der Waals surface area contributed by atoms with Crippen LogP contribution in [0.4, 0.5) is 4.79 Å². The average molecular weight is 597 g/mol. The summed E-state index contributed by atoms with van der Waals surface area (Å²) in [6, 6.07) is 17.8. The van der Waals surface area contributed by atoms with E-state index in [-0.39, 0.29) is 31.3 Å². The molecule has 220 valence electrons. The fourth-order valence-electron chi connectivity index (χ4n) is 5.08. The van der Waals surface area contributed by atoms with Crippen molar-refractivity contribution in [1.29, 1.82) is 0 Å². The highest BCUT2D eigenvalue weighted by Gasteiger charge is 2.32. The van der Waals surface area contributed by atoms with Crippen molar-refractivity contribution in [2.45, 2.75) is 31.0 Å². The Morgan fingerprint density at radius 1 is 1.00 bits per heavy atom. The highest BCUT2D eigenvalue weighted by molar-refractivity contribution is 7.47. The molecular weight excluding hydrogens is 567 g/mol. The first kappa shape index (κ1) is 29.3. The smallest absolute Gasteiger partial charge is 0.467 e. The summed E-state index contributed by atoms with van der Waals surface area (Å²) in [5, 5.41) is 14.7. The zero-order valence-electron chi connectivity index (χ0n) is 22.5. The van der Waals surface area contributed by atoms with Crippen LogP contribution < -0.4 is 15.2 Å². The molecule has 5 rings (SSSR count). The Morgan fingerprint density at radius 3 is 2.31 bits per heavy atom. The predicted molar refractivity (Wildman–Crippen MR) is 148 cm³/mol. The molecule has 1 unspecified atom stereocenters. The number of phosphoric acid groups is 1. The van der Waals surface area contributed by atoms with E-state index in [4.69, 9.17) is 18.5 Å². The molecule has 0 spiro atoms. The molecule has 2 amide bonds. The van der Waals surface area contributed by atoms with E-state index in [1.165, 1.54) is 6.07 Å². The number of ether oxygens (including phenoxy) is 2. The maximum absolute atomic E-state index is 13.0. The second-order valence-corrected chi connectivity index (χ2v) is 11.1. The molecule has 3 atom stereocenters. The number of aliphatic hydroxyl groups excluding tert-OH is 1. The van der Waals surface area contributed by atoms with Crippen molar-refractivity contribution in [2.24, 2.45) is 0 Å². The van der Waals surface area contributed by atoms with Gasteiger partial charge in [0.05, 0.1) is 20.3 Å². The normalized spacial score (nSPS) is 18.4. The molecule has 13 heteroatoms. The molecule has 0 saturated heterocycles. The fourth-order valence-corrected chi connectivity index (χ4v) is 5.86. The number of fused-ring (bicyclic) bond motifs is 4. The second kappa shape index (κ2) is 12.3. The Kier molecular flexibility index (Phi) is 8.60. The van der Waals surface area contributed by atoms with E-state index in [0.717, 1.165) is 29.4 Å². The Labute approximate surface area is 241 Å². The summed E-state index contributed by atoms with van der Waals surface area (Å²) in [7, 11) is -3.01. The van der Waals surface area contributed by atoms with Crippen molar-refractivity contribution in [3.63, 3.8) is 0 Å². The van der Waals surface area contributed by atoms with Crippen LogP contribution in [-0.2, 0) is 41.2 Å². The minimum Gasteiger partial charge on any atom is -0.467 e. The molecule has 3 aromatic carbocycles. The van der Waals surface area contributed by atoms with Gasteiger partial charge in [-0.05, 0) is 39.9 Å². The molecule has 3 aromatic rings. The SMILES string of the molecule is COC(=O)[C@H](Cc1ccc2c(c1)COP(=O)(O)O2)NC(=O)[C@H](CO)NC(=O)OCC1c2ccccc2-c2ccccc21. The molecule has 1 heterocycles. The standard InChI is InChI=1S/C29H29N2O10P/c1-38-28(34)24(13-17-10-11-26-18(12-17)15-40-42(36,37)41-26)30-27(33)25(14-32)31-29(35)39-16-23-21-8-4-2-6-19(21)20-7-3-5-9-22(20)23/h2-12,23-25,32H,13-16H2,1H3,(H,30,33)(H,31,35)(H,36,37)/t24-,25-/m0/s1. The van der Waals surface area contributed by atoms with Crippen LogP contribution in [0.5, 0.6) is 5.75 Å². The minimum atomic E-state index is -4.17. The molecule has 0 fully saturated rings. The zero-order chi connectivity index (χ0) is 29.9. The number of esters is 1. The number of methoxy groups -OCH3 is 1. The number of carbonyl (C=O) groups excluding carboxylic acids is 3. The third-order valence-corrected chi connectivity index (χ3v) is 7.98. The van der Waals surface area contributed by atoms with Gasteiger partial charge in [-0.3, -0.25) is 14.2 Å². The molecule has 1 aliphatic heterocycles. The Hall–Kier alpha value is -4.22. The minimum absolute atomic E-state index is 0.0158. The summed E-state index contributed by atoms with van der Waals surface area (Å²) in [4.78, 5) is 47.6. The first-order valence-corrected chi connectivity index (χ1v) is 14.6. The topological polar surface area (TPSA) is 170 Å². The van der Waals surface area contributed by atoms with Gasteiger partial charge in [0.2, 0.25) is 5.91 Å². The van der Waals surface area contributed by atoms with Gasteiger partial charge < -0.3 is 29.7 Å². The van der Waals surface area contributed by atoms with Gasteiger partial charge in [-0.2, -0.15) is 0 Å². The van der Waals surface area contributed by atoms with Gasteiger partial charge in [0.15, 0.2) is 0 Å². The summed E-state index contributed by atoms with van der Waals surface area (Å²) in [5.41, 5.74) is 5.22. The Balaban J connectivity index is 1.21. The fraction of sp³-hybridized carbons (Fsp3) is 0.276. The molecule has 42 heavy (non-hydrogen) atoms. The van der Waals surface area contributed by atoms with Crippen molar-refractivity contribution >= 4 is 25.8 Å². The van der Waals surface area contributed by atoms with E-state index < -0.39 is 44.5 Å². The third kappa shape index (κ3) is 6.32. The van der Waals surface area contributed by atoms with Gasteiger partial charge in [0.1, 0.15) is 24.4 Å². The van der Waals surface area contributed by atoms with Gasteiger partial charge in [-0.25, -0.2) is 14.2 Å². The van der Waals surface area contributed by atoms with Gasteiger partial charge in [0, 0.05) is 17.9 Å². The number of nitrogens with one attached hydrogen (secondary N) is 2. The maximum Gasteiger partial charge on any atom is 0.527 e. The summed E-state index contributed by atoms with van der Waals surface area (Å²) in [5.74, 6) is -1.61. The highest BCUT2D eigenvalue weighted by atomic mass is 31.2. The van der Waals surface area contributed by atoms with Crippen molar-refractivity contribution in [1.82, 2.24) is 10.6 Å². The Bertz CT molecular complexity index is 1520. The molecule has 1 aliphatic carbocycles. The molecule has 2 aliphatic rings. The number of rotatable bonds is 9. The summed E-state index contributed by atoms with van der Waals surface area (Å²) >= 11 is 0. The lowest BCUT2D eigenvalue weighted by molar-refractivity contribution is -0.145.